The van der Waals surface area contributed by atoms with Crippen LogP contribution in [0.15, 0.2) is 0 Å². The molecule has 0 saturated carbocycles. The molecule has 0 radical (unpaired) electrons. The third-order valence-corrected chi connectivity index (χ3v) is 2.08. The second kappa shape index (κ2) is 9.42. The molecule has 2 unspecified atom stereocenters. The minimum absolute atomic E-state index is 0. The lowest BCUT2D eigenvalue weighted by atomic mass is 10.2. The summed E-state index contributed by atoms with van der Waals surface area (Å²) >= 11 is 0. The highest BCUT2D eigenvalue weighted by Crippen LogP contribution is 1.89. The molecule has 0 aliphatic carbocycles. The van der Waals surface area contributed by atoms with Crippen LogP contribution in [-0.2, 0) is 9.59 Å². The lowest BCUT2D eigenvalue weighted by molar-refractivity contribution is -0.123. The first-order valence-electron chi connectivity index (χ1n) is 5.30. The molecule has 2 amide bonds. The van der Waals surface area contributed by atoms with Gasteiger partial charge in [-0.15, -0.1) is 12.4 Å². The normalized spacial score (nSPS) is 13.2. The third-order valence-electron chi connectivity index (χ3n) is 2.08. The minimum Gasteiger partial charge on any atom is -0.354 e. The largest absolute Gasteiger partial charge is 0.354 e. The van der Waals surface area contributed by atoms with Gasteiger partial charge in [0.25, 0.3) is 0 Å². The maximum atomic E-state index is 11.3. The summed E-state index contributed by atoms with van der Waals surface area (Å²) in [5, 5.41) is 5.39. The lowest BCUT2D eigenvalue weighted by Gasteiger charge is -2.12. The van der Waals surface area contributed by atoms with Gasteiger partial charge in [-0.1, -0.05) is 6.92 Å². The van der Waals surface area contributed by atoms with Crippen LogP contribution in [0.5, 0.6) is 0 Å². The number of carbonyl (C=O) groups is 2. The van der Waals surface area contributed by atoms with Gasteiger partial charge in [0.15, 0.2) is 0 Å². The van der Waals surface area contributed by atoms with Crippen molar-refractivity contribution in [3.05, 3.63) is 0 Å². The van der Waals surface area contributed by atoms with Crippen LogP contribution in [0.4, 0.5) is 0 Å². The summed E-state index contributed by atoms with van der Waals surface area (Å²) in [4.78, 5) is 22.3. The number of amides is 2. The van der Waals surface area contributed by atoms with Crippen molar-refractivity contribution < 1.29 is 9.59 Å². The van der Waals surface area contributed by atoms with Crippen molar-refractivity contribution >= 4 is 24.2 Å². The molecular formula is C10H22ClN3O2. The van der Waals surface area contributed by atoms with E-state index in [1.165, 1.54) is 0 Å². The van der Waals surface area contributed by atoms with Crippen LogP contribution < -0.4 is 16.4 Å². The Kier molecular flexibility index (Phi) is 10.3. The van der Waals surface area contributed by atoms with Crippen molar-refractivity contribution in [3.8, 4) is 0 Å². The van der Waals surface area contributed by atoms with E-state index in [0.717, 1.165) is 6.42 Å². The molecule has 6 heteroatoms. The predicted octanol–water partition coefficient (Wildman–Crippen LogP) is 0.176. The average molecular weight is 252 g/mol. The summed E-state index contributed by atoms with van der Waals surface area (Å²) in [5.41, 5.74) is 5.34. The van der Waals surface area contributed by atoms with Gasteiger partial charge in [-0.2, -0.15) is 0 Å². The number of rotatable bonds is 6. The van der Waals surface area contributed by atoms with Gasteiger partial charge >= 0.3 is 0 Å². The van der Waals surface area contributed by atoms with Crippen LogP contribution in [0.3, 0.4) is 0 Å². The second-order valence-corrected chi connectivity index (χ2v) is 3.71. The molecule has 0 heterocycles. The highest BCUT2D eigenvalue weighted by Gasteiger charge is 2.08. The van der Waals surface area contributed by atoms with E-state index < -0.39 is 6.04 Å². The molecule has 0 aromatic rings. The van der Waals surface area contributed by atoms with E-state index in [4.69, 9.17) is 5.73 Å². The summed E-state index contributed by atoms with van der Waals surface area (Å²) in [6.45, 7) is 5.89. The van der Waals surface area contributed by atoms with Gasteiger partial charge in [-0.3, -0.25) is 9.59 Å². The van der Waals surface area contributed by atoms with Crippen molar-refractivity contribution in [1.82, 2.24) is 10.6 Å². The lowest BCUT2D eigenvalue weighted by Crippen LogP contribution is -2.40. The molecule has 0 rings (SSSR count). The Morgan fingerprint density at radius 1 is 1.31 bits per heavy atom. The van der Waals surface area contributed by atoms with Crippen molar-refractivity contribution in [1.29, 1.82) is 0 Å². The van der Waals surface area contributed by atoms with Crippen molar-refractivity contribution in [2.45, 2.75) is 45.7 Å². The number of nitrogens with one attached hydrogen (secondary N) is 2. The minimum atomic E-state index is -0.525. The standard InChI is InChI=1S/C10H21N3O2.ClH/c1-4-7(2)13-9(14)5-6-12-10(15)8(3)11;/h7-8H,4-6,11H2,1-3H3,(H,12,15)(H,13,14);1H. The Balaban J connectivity index is 0. The van der Waals surface area contributed by atoms with Gasteiger partial charge in [0, 0.05) is 19.0 Å². The SMILES string of the molecule is CCC(C)NC(=O)CCNC(=O)C(C)N.Cl. The van der Waals surface area contributed by atoms with Gasteiger partial charge in [-0.25, -0.2) is 0 Å². The van der Waals surface area contributed by atoms with Gasteiger partial charge in [-0.05, 0) is 20.3 Å². The van der Waals surface area contributed by atoms with E-state index in [2.05, 4.69) is 10.6 Å². The molecule has 96 valence electrons. The Bertz CT molecular complexity index is 222. The Labute approximate surface area is 103 Å². The summed E-state index contributed by atoms with van der Waals surface area (Å²) in [7, 11) is 0. The number of nitrogens with two attached hydrogens (primary N) is 1. The fraction of sp³-hybridized carbons (Fsp3) is 0.800. The molecule has 0 aliphatic heterocycles. The molecule has 5 nitrogen and oxygen atoms in total. The van der Waals surface area contributed by atoms with E-state index in [9.17, 15) is 9.59 Å². The zero-order chi connectivity index (χ0) is 11.8. The first kappa shape index (κ1) is 17.6. The first-order chi connectivity index (χ1) is 6.97. The quantitative estimate of drug-likeness (QED) is 0.630. The highest BCUT2D eigenvalue weighted by atomic mass is 35.5. The zero-order valence-electron chi connectivity index (χ0n) is 10.1. The van der Waals surface area contributed by atoms with Gasteiger partial charge < -0.3 is 16.4 Å². The molecule has 0 bridgehead atoms. The fourth-order valence-electron chi connectivity index (χ4n) is 0.909. The Morgan fingerprint density at radius 2 is 1.88 bits per heavy atom. The Morgan fingerprint density at radius 3 is 2.31 bits per heavy atom. The smallest absolute Gasteiger partial charge is 0.236 e. The molecule has 0 fully saturated rings. The molecule has 4 N–H and O–H groups in total. The first-order valence-corrected chi connectivity index (χ1v) is 5.30. The maximum Gasteiger partial charge on any atom is 0.236 e. The van der Waals surface area contributed by atoms with Crippen molar-refractivity contribution in [2.75, 3.05) is 6.54 Å². The summed E-state index contributed by atoms with van der Waals surface area (Å²) < 4.78 is 0. The summed E-state index contributed by atoms with van der Waals surface area (Å²) in [6.07, 6.45) is 1.20. The van der Waals surface area contributed by atoms with Crippen LogP contribution in [0.1, 0.15) is 33.6 Å². The van der Waals surface area contributed by atoms with E-state index >= 15 is 0 Å². The second-order valence-electron chi connectivity index (χ2n) is 3.71. The molecule has 0 aromatic carbocycles. The Hall–Kier alpha value is -0.810. The van der Waals surface area contributed by atoms with E-state index in [1.807, 2.05) is 13.8 Å². The van der Waals surface area contributed by atoms with Crippen LogP contribution in [0, 0.1) is 0 Å². The average Bonchev–Trinajstić information content (AvgIpc) is 2.17. The molecule has 0 saturated heterocycles. The molecule has 0 aromatic heterocycles. The van der Waals surface area contributed by atoms with Gasteiger partial charge in [0.1, 0.15) is 0 Å². The molecule has 2 atom stereocenters. The van der Waals surface area contributed by atoms with Crippen LogP contribution in [0.25, 0.3) is 0 Å². The number of hydrogen-bond donors (Lipinski definition) is 3. The van der Waals surface area contributed by atoms with E-state index in [0.29, 0.717) is 13.0 Å². The fourth-order valence-corrected chi connectivity index (χ4v) is 0.909. The molecule has 0 aliphatic rings. The van der Waals surface area contributed by atoms with Crippen LogP contribution in [-0.4, -0.2) is 30.4 Å². The van der Waals surface area contributed by atoms with E-state index in [1.54, 1.807) is 6.92 Å². The summed E-state index contributed by atoms with van der Waals surface area (Å²) in [5.74, 6) is -0.277. The predicted molar refractivity (Wildman–Crippen MR) is 66.4 cm³/mol. The van der Waals surface area contributed by atoms with Crippen LogP contribution >= 0.6 is 12.4 Å². The molecular weight excluding hydrogens is 230 g/mol. The number of halogens is 1. The zero-order valence-corrected chi connectivity index (χ0v) is 10.9. The highest BCUT2D eigenvalue weighted by molar-refractivity contribution is 5.85. The van der Waals surface area contributed by atoms with Gasteiger partial charge in [0.2, 0.25) is 11.8 Å². The summed E-state index contributed by atoms with van der Waals surface area (Å²) in [6, 6.07) is -0.343. The molecule has 0 spiro atoms. The third kappa shape index (κ3) is 8.49. The van der Waals surface area contributed by atoms with Crippen molar-refractivity contribution in [2.24, 2.45) is 5.73 Å². The van der Waals surface area contributed by atoms with Gasteiger partial charge in [0.05, 0.1) is 6.04 Å². The topological polar surface area (TPSA) is 84.2 Å². The number of hydrogen-bond acceptors (Lipinski definition) is 3. The monoisotopic (exact) mass is 251 g/mol. The number of carbonyl (C=O) groups excluding carboxylic acids is 2. The van der Waals surface area contributed by atoms with Crippen LogP contribution in [0.2, 0.25) is 0 Å². The van der Waals surface area contributed by atoms with Crippen molar-refractivity contribution in [3.63, 3.8) is 0 Å². The maximum absolute atomic E-state index is 11.3. The van der Waals surface area contributed by atoms with E-state index in [-0.39, 0.29) is 30.3 Å². The molecule has 16 heavy (non-hydrogen) atoms.